The summed E-state index contributed by atoms with van der Waals surface area (Å²) in [7, 11) is -3.39. The number of rotatable bonds is 3. The van der Waals surface area contributed by atoms with E-state index in [0.717, 1.165) is 6.26 Å². The summed E-state index contributed by atoms with van der Waals surface area (Å²) in [5.74, 6) is -1.21. The summed E-state index contributed by atoms with van der Waals surface area (Å²) in [4.78, 5) is 10.7. The summed E-state index contributed by atoms with van der Waals surface area (Å²) in [5.41, 5.74) is 5.64. The van der Waals surface area contributed by atoms with E-state index in [1.54, 1.807) is 0 Å². The van der Waals surface area contributed by atoms with Crippen molar-refractivity contribution in [1.29, 1.82) is 0 Å². The van der Waals surface area contributed by atoms with Gasteiger partial charge in [0.2, 0.25) is 0 Å². The molecule has 1 aromatic rings. The molecule has 3 N–H and O–H groups in total. The standard InChI is InChI=1S/C9H10BrNO4S/c1-16(14,15)7-3-5(2-6(10)4-7)8(11)9(12)13/h2-4,8H,11H2,1H3,(H,12,13). The molecule has 16 heavy (non-hydrogen) atoms. The van der Waals surface area contributed by atoms with Crippen molar-refractivity contribution in [2.24, 2.45) is 5.73 Å². The molecule has 0 heterocycles. The molecule has 0 spiro atoms. The first-order valence-corrected chi connectivity index (χ1v) is 6.89. The van der Waals surface area contributed by atoms with Gasteiger partial charge in [-0.25, -0.2) is 8.42 Å². The number of carboxylic acids is 1. The molecule has 0 aliphatic heterocycles. The molecule has 0 amide bonds. The molecule has 88 valence electrons. The molecule has 0 bridgehead atoms. The number of nitrogens with two attached hydrogens (primary N) is 1. The first-order chi connectivity index (χ1) is 7.21. The van der Waals surface area contributed by atoms with Gasteiger partial charge in [-0.15, -0.1) is 0 Å². The van der Waals surface area contributed by atoms with E-state index >= 15 is 0 Å². The van der Waals surface area contributed by atoms with Gasteiger partial charge in [-0.1, -0.05) is 15.9 Å². The highest BCUT2D eigenvalue weighted by atomic mass is 79.9. The fourth-order valence-electron chi connectivity index (χ4n) is 1.12. The lowest BCUT2D eigenvalue weighted by Gasteiger charge is -2.09. The van der Waals surface area contributed by atoms with Gasteiger partial charge in [-0.2, -0.15) is 0 Å². The maximum Gasteiger partial charge on any atom is 0.325 e. The predicted molar refractivity (Wildman–Crippen MR) is 61.8 cm³/mol. The predicted octanol–water partition coefficient (Wildman–Crippen LogP) is 0.937. The molecule has 0 saturated carbocycles. The molecule has 0 aromatic heterocycles. The van der Waals surface area contributed by atoms with Crippen LogP contribution in [0.25, 0.3) is 0 Å². The lowest BCUT2D eigenvalue weighted by Crippen LogP contribution is -2.21. The average molecular weight is 308 g/mol. The maximum atomic E-state index is 11.3. The van der Waals surface area contributed by atoms with Crippen LogP contribution < -0.4 is 5.73 Å². The molecule has 0 fully saturated rings. The van der Waals surface area contributed by atoms with Gasteiger partial charge in [-0.3, -0.25) is 4.79 Å². The highest BCUT2D eigenvalue weighted by molar-refractivity contribution is 9.10. The number of benzene rings is 1. The van der Waals surface area contributed by atoms with Crippen LogP contribution in [0.1, 0.15) is 11.6 Å². The Morgan fingerprint density at radius 2 is 2.00 bits per heavy atom. The number of carbonyl (C=O) groups is 1. The van der Waals surface area contributed by atoms with Crippen LogP contribution in [0, 0.1) is 0 Å². The minimum Gasteiger partial charge on any atom is -0.480 e. The third kappa shape index (κ3) is 3.03. The number of hydrogen-bond donors (Lipinski definition) is 2. The fourth-order valence-corrected chi connectivity index (χ4v) is 2.47. The Morgan fingerprint density at radius 3 is 2.44 bits per heavy atom. The lowest BCUT2D eigenvalue weighted by molar-refractivity contribution is -0.138. The third-order valence-corrected chi connectivity index (χ3v) is 3.50. The van der Waals surface area contributed by atoms with Crippen molar-refractivity contribution < 1.29 is 18.3 Å². The molecule has 1 atom stereocenters. The number of aliphatic carboxylic acids is 1. The fraction of sp³-hybridized carbons (Fsp3) is 0.222. The zero-order valence-corrected chi connectivity index (χ0v) is 10.7. The van der Waals surface area contributed by atoms with E-state index in [1.165, 1.54) is 18.2 Å². The summed E-state index contributed by atoms with van der Waals surface area (Å²) >= 11 is 3.11. The van der Waals surface area contributed by atoms with Crippen LogP contribution in [0.5, 0.6) is 0 Å². The molecule has 1 aromatic carbocycles. The van der Waals surface area contributed by atoms with Gasteiger partial charge in [0, 0.05) is 10.7 Å². The summed E-state index contributed by atoms with van der Waals surface area (Å²) < 4.78 is 23.1. The van der Waals surface area contributed by atoms with Crippen LogP contribution in [0.15, 0.2) is 27.6 Å². The topological polar surface area (TPSA) is 97.5 Å². The molecule has 0 aliphatic rings. The van der Waals surface area contributed by atoms with E-state index < -0.39 is 21.8 Å². The van der Waals surface area contributed by atoms with Crippen molar-refractivity contribution in [2.75, 3.05) is 6.26 Å². The van der Waals surface area contributed by atoms with Crippen LogP contribution in [0.3, 0.4) is 0 Å². The van der Waals surface area contributed by atoms with E-state index in [9.17, 15) is 13.2 Å². The second kappa shape index (κ2) is 4.52. The largest absolute Gasteiger partial charge is 0.480 e. The average Bonchev–Trinajstić information content (AvgIpc) is 2.14. The van der Waals surface area contributed by atoms with Crippen molar-refractivity contribution in [3.05, 3.63) is 28.2 Å². The second-order valence-electron chi connectivity index (χ2n) is 3.31. The number of sulfone groups is 1. The van der Waals surface area contributed by atoms with Crippen molar-refractivity contribution in [3.63, 3.8) is 0 Å². The lowest BCUT2D eigenvalue weighted by atomic mass is 10.1. The molecular weight excluding hydrogens is 298 g/mol. The number of carboxylic acid groups (broad SMARTS) is 1. The summed E-state index contributed by atoms with van der Waals surface area (Å²) in [5, 5.41) is 8.73. The van der Waals surface area contributed by atoms with Crippen LogP contribution in [-0.2, 0) is 14.6 Å². The van der Waals surface area contributed by atoms with Gasteiger partial charge >= 0.3 is 5.97 Å². The van der Waals surface area contributed by atoms with Gasteiger partial charge in [0.25, 0.3) is 0 Å². The molecule has 7 heteroatoms. The van der Waals surface area contributed by atoms with E-state index in [-0.39, 0.29) is 10.5 Å². The highest BCUT2D eigenvalue weighted by Gasteiger charge is 2.17. The van der Waals surface area contributed by atoms with Crippen LogP contribution in [0.4, 0.5) is 0 Å². The highest BCUT2D eigenvalue weighted by Crippen LogP contribution is 2.22. The Labute approximate surface area is 101 Å². The molecule has 0 saturated heterocycles. The van der Waals surface area contributed by atoms with E-state index in [2.05, 4.69) is 15.9 Å². The van der Waals surface area contributed by atoms with Crippen molar-refractivity contribution in [3.8, 4) is 0 Å². The van der Waals surface area contributed by atoms with Crippen LogP contribution in [-0.4, -0.2) is 25.7 Å². The van der Waals surface area contributed by atoms with Crippen LogP contribution in [0.2, 0.25) is 0 Å². The molecule has 1 unspecified atom stereocenters. The third-order valence-electron chi connectivity index (χ3n) is 1.95. The van der Waals surface area contributed by atoms with Gasteiger partial charge in [0.15, 0.2) is 9.84 Å². The minimum atomic E-state index is -3.39. The second-order valence-corrected chi connectivity index (χ2v) is 6.24. The summed E-state index contributed by atoms with van der Waals surface area (Å²) in [6, 6.07) is 2.90. The van der Waals surface area contributed by atoms with E-state index in [0.29, 0.717) is 4.47 Å². The molecular formula is C9H10BrNO4S. The van der Waals surface area contributed by atoms with Crippen molar-refractivity contribution >= 4 is 31.7 Å². The Hall–Kier alpha value is -0.920. The monoisotopic (exact) mass is 307 g/mol. The Morgan fingerprint density at radius 1 is 1.44 bits per heavy atom. The first-order valence-electron chi connectivity index (χ1n) is 4.21. The van der Waals surface area contributed by atoms with Gasteiger partial charge in [0.05, 0.1) is 4.90 Å². The molecule has 5 nitrogen and oxygen atoms in total. The zero-order valence-electron chi connectivity index (χ0n) is 8.34. The Kier molecular flexibility index (Phi) is 3.72. The smallest absolute Gasteiger partial charge is 0.325 e. The van der Waals surface area contributed by atoms with Gasteiger partial charge in [0.1, 0.15) is 6.04 Å². The first kappa shape index (κ1) is 13.1. The van der Waals surface area contributed by atoms with Gasteiger partial charge < -0.3 is 10.8 Å². The number of hydrogen-bond acceptors (Lipinski definition) is 4. The van der Waals surface area contributed by atoms with Gasteiger partial charge in [-0.05, 0) is 23.8 Å². The maximum absolute atomic E-state index is 11.3. The normalized spacial score (nSPS) is 13.4. The minimum absolute atomic E-state index is 0.0357. The summed E-state index contributed by atoms with van der Waals surface area (Å²) in [6.45, 7) is 0. The molecule has 0 aliphatic carbocycles. The number of halogens is 1. The van der Waals surface area contributed by atoms with Crippen LogP contribution >= 0.6 is 15.9 Å². The Bertz CT molecular complexity index is 526. The molecule has 0 radical (unpaired) electrons. The SMILES string of the molecule is CS(=O)(=O)c1cc(Br)cc(C(N)C(=O)O)c1. The summed E-state index contributed by atoms with van der Waals surface area (Å²) in [6.07, 6.45) is 1.05. The molecule has 1 rings (SSSR count). The van der Waals surface area contributed by atoms with E-state index in [4.69, 9.17) is 10.8 Å². The zero-order chi connectivity index (χ0) is 12.5. The quantitative estimate of drug-likeness (QED) is 0.866. The van der Waals surface area contributed by atoms with Crippen molar-refractivity contribution in [2.45, 2.75) is 10.9 Å². The van der Waals surface area contributed by atoms with E-state index in [1.807, 2.05) is 0 Å². The van der Waals surface area contributed by atoms with Crippen molar-refractivity contribution in [1.82, 2.24) is 0 Å². The Balaban J connectivity index is 3.34.